The highest BCUT2D eigenvalue weighted by Crippen LogP contribution is 2.28. The third-order valence-electron chi connectivity index (χ3n) is 6.32. The summed E-state index contributed by atoms with van der Waals surface area (Å²) in [6, 6.07) is 22.6. The number of nitrogens with zero attached hydrogens (tertiary/aromatic N) is 5. The number of benzene rings is 2. The van der Waals surface area contributed by atoms with E-state index < -0.39 is 0 Å². The van der Waals surface area contributed by atoms with Crippen molar-refractivity contribution in [2.45, 2.75) is 20.1 Å². The highest BCUT2D eigenvalue weighted by Gasteiger charge is 2.20. The van der Waals surface area contributed by atoms with Crippen molar-refractivity contribution in [1.29, 1.82) is 0 Å². The van der Waals surface area contributed by atoms with Crippen LogP contribution in [-0.2, 0) is 22.7 Å². The maximum Gasteiger partial charge on any atom is 0.182 e. The normalized spacial score (nSPS) is 14.0. The Kier molecular flexibility index (Phi) is 6.19. The molecule has 4 heterocycles. The summed E-state index contributed by atoms with van der Waals surface area (Å²) in [4.78, 5) is 15.4. The fraction of sp³-hybridized carbons (Fsp3) is 0.250. The molecule has 5 aromatic rings. The average Bonchev–Trinajstić information content (AvgIpc) is 3.57. The number of aromatic nitrogens is 5. The molecule has 0 amide bonds. The van der Waals surface area contributed by atoms with Crippen LogP contribution in [0.15, 0.2) is 72.9 Å². The van der Waals surface area contributed by atoms with E-state index in [1.165, 1.54) is 5.56 Å². The number of rotatable bonds is 7. The monoisotopic (exact) mass is 480 g/mol. The fourth-order valence-electron chi connectivity index (χ4n) is 4.50. The maximum atomic E-state index is 5.92. The van der Waals surface area contributed by atoms with Gasteiger partial charge in [-0.05, 0) is 24.6 Å². The summed E-state index contributed by atoms with van der Waals surface area (Å²) >= 11 is 0. The minimum absolute atomic E-state index is 0.377. The molecule has 0 radical (unpaired) electrons. The number of ether oxygens (including phenoxy) is 2. The first-order valence-electron chi connectivity index (χ1n) is 12.2. The highest BCUT2D eigenvalue weighted by molar-refractivity contribution is 5.87. The van der Waals surface area contributed by atoms with Crippen LogP contribution >= 0.6 is 0 Å². The van der Waals surface area contributed by atoms with Crippen molar-refractivity contribution < 1.29 is 9.47 Å². The number of pyridine rings is 1. The number of aromatic amines is 1. The Morgan fingerprint density at radius 1 is 0.944 bits per heavy atom. The molecule has 1 aliphatic rings. The molecular formula is C28H28N6O2. The number of aryl methyl sites for hydroxylation is 1. The third-order valence-corrected chi connectivity index (χ3v) is 6.32. The molecule has 0 aliphatic carbocycles. The van der Waals surface area contributed by atoms with Crippen molar-refractivity contribution in [3.8, 4) is 17.1 Å². The highest BCUT2D eigenvalue weighted by atomic mass is 16.5. The largest absolute Gasteiger partial charge is 0.378 e. The molecule has 8 heteroatoms. The van der Waals surface area contributed by atoms with Crippen molar-refractivity contribution in [3.63, 3.8) is 0 Å². The molecule has 3 aromatic heterocycles. The zero-order valence-corrected chi connectivity index (χ0v) is 20.2. The third kappa shape index (κ3) is 4.73. The molecule has 1 saturated heterocycles. The fourth-order valence-corrected chi connectivity index (χ4v) is 4.50. The quantitative estimate of drug-likeness (QED) is 0.365. The van der Waals surface area contributed by atoms with Gasteiger partial charge < -0.3 is 19.4 Å². The molecule has 182 valence electrons. The topological polar surface area (TPSA) is 81.1 Å². The van der Waals surface area contributed by atoms with E-state index in [1.54, 1.807) is 0 Å². The lowest BCUT2D eigenvalue weighted by Gasteiger charge is -2.29. The van der Waals surface area contributed by atoms with Gasteiger partial charge in [0.1, 0.15) is 17.9 Å². The second-order valence-corrected chi connectivity index (χ2v) is 8.97. The minimum Gasteiger partial charge on any atom is -0.378 e. The first kappa shape index (κ1) is 22.5. The molecule has 2 aromatic carbocycles. The summed E-state index contributed by atoms with van der Waals surface area (Å²) < 4.78 is 13.3. The Morgan fingerprint density at radius 3 is 2.64 bits per heavy atom. The summed E-state index contributed by atoms with van der Waals surface area (Å²) in [6.45, 7) is 6.00. The Hall–Kier alpha value is -4.01. The molecule has 0 saturated carbocycles. The van der Waals surface area contributed by atoms with Gasteiger partial charge in [0.2, 0.25) is 0 Å². The van der Waals surface area contributed by atoms with Crippen molar-refractivity contribution >= 4 is 16.9 Å². The SMILES string of the molecule is Cc1cccc(-c2ccn(-c3cc(N4CCOCC4)c4[nH]c(COCc5ccccc5)nc4n3)n2)c1. The van der Waals surface area contributed by atoms with E-state index in [0.29, 0.717) is 32.1 Å². The van der Waals surface area contributed by atoms with Gasteiger partial charge in [-0.2, -0.15) is 5.10 Å². The minimum atomic E-state index is 0.377. The van der Waals surface area contributed by atoms with Crippen LogP contribution in [0.2, 0.25) is 0 Å². The number of imidazole rings is 1. The van der Waals surface area contributed by atoms with Crippen LogP contribution in [0.4, 0.5) is 5.69 Å². The van der Waals surface area contributed by atoms with Crippen LogP contribution in [0.3, 0.4) is 0 Å². The van der Waals surface area contributed by atoms with E-state index in [2.05, 4.69) is 59.3 Å². The summed E-state index contributed by atoms with van der Waals surface area (Å²) in [5.41, 5.74) is 6.94. The standard InChI is InChI=1S/C28H28N6O2/c1-20-6-5-9-22(16-20)23-10-11-34(32-23)26-17-24(33-12-14-35-15-13-33)27-28(31-26)30-25(29-27)19-36-18-21-7-3-2-4-8-21/h2-11,16-17H,12-15,18-19H2,1H3,(H,29,30,31). The van der Waals surface area contributed by atoms with Crippen LogP contribution < -0.4 is 4.90 Å². The number of fused-ring (bicyclic) bond motifs is 1. The van der Waals surface area contributed by atoms with Crippen molar-refractivity contribution in [2.75, 3.05) is 31.2 Å². The number of H-pyrrole nitrogens is 1. The van der Waals surface area contributed by atoms with E-state index >= 15 is 0 Å². The Balaban J connectivity index is 1.32. The smallest absolute Gasteiger partial charge is 0.182 e. The molecule has 0 unspecified atom stereocenters. The van der Waals surface area contributed by atoms with Crippen molar-refractivity contribution in [3.05, 3.63) is 89.9 Å². The lowest BCUT2D eigenvalue weighted by Crippen LogP contribution is -2.36. The maximum absolute atomic E-state index is 5.92. The van der Waals surface area contributed by atoms with E-state index in [0.717, 1.165) is 52.8 Å². The molecule has 0 atom stereocenters. The van der Waals surface area contributed by atoms with Gasteiger partial charge in [0.05, 0.1) is 31.2 Å². The molecule has 0 spiro atoms. The van der Waals surface area contributed by atoms with Gasteiger partial charge in [0, 0.05) is 30.9 Å². The average molecular weight is 481 g/mol. The lowest BCUT2D eigenvalue weighted by molar-refractivity contribution is 0.102. The zero-order valence-electron chi connectivity index (χ0n) is 20.2. The molecule has 36 heavy (non-hydrogen) atoms. The first-order valence-corrected chi connectivity index (χ1v) is 12.2. The molecular weight excluding hydrogens is 452 g/mol. The molecule has 1 fully saturated rings. The summed E-state index contributed by atoms with van der Waals surface area (Å²) in [5, 5.41) is 4.82. The summed E-state index contributed by atoms with van der Waals surface area (Å²) in [5.74, 6) is 1.48. The van der Waals surface area contributed by atoms with Gasteiger partial charge >= 0.3 is 0 Å². The molecule has 1 N–H and O–H groups in total. The first-order chi connectivity index (χ1) is 17.7. The van der Waals surface area contributed by atoms with Crippen LogP contribution in [0.25, 0.3) is 28.2 Å². The van der Waals surface area contributed by atoms with Crippen LogP contribution in [0.1, 0.15) is 17.0 Å². The second-order valence-electron chi connectivity index (χ2n) is 8.97. The second kappa shape index (κ2) is 9.93. The van der Waals surface area contributed by atoms with Crippen LogP contribution in [0.5, 0.6) is 0 Å². The van der Waals surface area contributed by atoms with Gasteiger partial charge in [-0.25, -0.2) is 14.6 Å². The predicted molar refractivity (Wildman–Crippen MR) is 139 cm³/mol. The summed E-state index contributed by atoms with van der Waals surface area (Å²) in [7, 11) is 0. The number of nitrogens with one attached hydrogen (secondary N) is 1. The van der Waals surface area contributed by atoms with E-state index in [-0.39, 0.29) is 0 Å². The molecule has 0 bridgehead atoms. The van der Waals surface area contributed by atoms with E-state index in [4.69, 9.17) is 24.5 Å². The number of hydrogen-bond acceptors (Lipinski definition) is 6. The van der Waals surface area contributed by atoms with Crippen molar-refractivity contribution in [2.24, 2.45) is 0 Å². The van der Waals surface area contributed by atoms with Gasteiger partial charge in [-0.1, -0.05) is 54.1 Å². The summed E-state index contributed by atoms with van der Waals surface area (Å²) in [6.07, 6.45) is 1.95. The van der Waals surface area contributed by atoms with Gasteiger partial charge in [-0.3, -0.25) is 0 Å². The van der Waals surface area contributed by atoms with Crippen LogP contribution in [-0.4, -0.2) is 51.0 Å². The molecule has 1 aliphatic heterocycles. The Bertz CT molecular complexity index is 1470. The number of anilines is 1. The van der Waals surface area contributed by atoms with Gasteiger partial charge in [-0.15, -0.1) is 0 Å². The van der Waals surface area contributed by atoms with Crippen LogP contribution in [0, 0.1) is 6.92 Å². The lowest BCUT2D eigenvalue weighted by atomic mass is 10.1. The van der Waals surface area contributed by atoms with Gasteiger partial charge in [0.15, 0.2) is 11.5 Å². The predicted octanol–water partition coefficient (Wildman–Crippen LogP) is 4.67. The Labute approximate surface area is 209 Å². The zero-order chi connectivity index (χ0) is 24.3. The number of morpholine rings is 1. The molecule has 8 nitrogen and oxygen atoms in total. The van der Waals surface area contributed by atoms with Gasteiger partial charge in [0.25, 0.3) is 0 Å². The number of hydrogen-bond donors (Lipinski definition) is 1. The molecule has 6 rings (SSSR count). The van der Waals surface area contributed by atoms with Crippen molar-refractivity contribution in [1.82, 2.24) is 24.7 Å². The van der Waals surface area contributed by atoms with E-state index in [9.17, 15) is 0 Å². The Morgan fingerprint density at radius 2 is 1.81 bits per heavy atom. The van der Waals surface area contributed by atoms with E-state index in [1.807, 2.05) is 35.1 Å².